The number of hydrazone groups is 1. The third-order valence-corrected chi connectivity index (χ3v) is 6.70. The average Bonchev–Trinajstić information content (AvgIpc) is 3.30. The van der Waals surface area contributed by atoms with Crippen LogP contribution in [0.25, 0.3) is 21.7 Å². The predicted octanol–water partition coefficient (Wildman–Crippen LogP) is 6.99. The molecule has 1 aromatic heterocycles. The van der Waals surface area contributed by atoms with E-state index in [1.807, 2.05) is 43.3 Å². The summed E-state index contributed by atoms with van der Waals surface area (Å²) < 4.78 is 0. The second kappa shape index (κ2) is 10.9. The zero-order chi connectivity index (χ0) is 24.8. The van der Waals surface area contributed by atoms with E-state index in [9.17, 15) is 10.1 Å². The molecular formula is C27H27N5O2S. The number of nitro benzene ring substituents is 1. The van der Waals surface area contributed by atoms with Gasteiger partial charge in [0.25, 0.3) is 5.69 Å². The number of nitrogens with one attached hydrogen (secondary N) is 1. The van der Waals surface area contributed by atoms with Gasteiger partial charge in [-0.05, 0) is 56.2 Å². The number of nitrogens with zero attached hydrogens (tertiary/aromatic N) is 4. The molecule has 0 bridgehead atoms. The van der Waals surface area contributed by atoms with Crippen LogP contribution in [0.4, 0.5) is 16.5 Å². The van der Waals surface area contributed by atoms with E-state index in [1.165, 1.54) is 29.2 Å². The fourth-order valence-corrected chi connectivity index (χ4v) is 4.67. The molecule has 0 saturated heterocycles. The molecular weight excluding hydrogens is 458 g/mol. The van der Waals surface area contributed by atoms with Gasteiger partial charge in [-0.1, -0.05) is 53.3 Å². The van der Waals surface area contributed by atoms with E-state index in [0.717, 1.165) is 45.9 Å². The Hall–Kier alpha value is -4.04. The lowest BCUT2D eigenvalue weighted by molar-refractivity contribution is -0.384. The molecule has 35 heavy (non-hydrogen) atoms. The summed E-state index contributed by atoms with van der Waals surface area (Å²) in [5, 5.41) is 16.1. The van der Waals surface area contributed by atoms with Crippen molar-refractivity contribution in [3.8, 4) is 21.7 Å². The zero-order valence-corrected chi connectivity index (χ0v) is 20.7. The van der Waals surface area contributed by atoms with Gasteiger partial charge in [-0.15, -0.1) is 0 Å². The monoisotopic (exact) mass is 485 g/mol. The van der Waals surface area contributed by atoms with Crippen LogP contribution in [0, 0.1) is 17.0 Å². The molecule has 7 nitrogen and oxygen atoms in total. The maximum atomic E-state index is 11.1. The van der Waals surface area contributed by atoms with Crippen molar-refractivity contribution < 1.29 is 4.92 Å². The molecule has 0 fully saturated rings. The van der Waals surface area contributed by atoms with E-state index in [0.29, 0.717) is 5.13 Å². The minimum atomic E-state index is -0.395. The number of thiazole rings is 1. The van der Waals surface area contributed by atoms with Crippen molar-refractivity contribution in [2.45, 2.75) is 20.8 Å². The highest BCUT2D eigenvalue weighted by Gasteiger charge is 2.16. The first-order valence-electron chi connectivity index (χ1n) is 11.4. The molecule has 0 aliphatic rings. The lowest BCUT2D eigenvalue weighted by Crippen LogP contribution is -2.21. The van der Waals surface area contributed by atoms with Crippen molar-refractivity contribution >= 4 is 34.1 Å². The summed E-state index contributed by atoms with van der Waals surface area (Å²) in [7, 11) is 0. The molecule has 0 spiro atoms. The van der Waals surface area contributed by atoms with Crippen LogP contribution in [-0.2, 0) is 0 Å². The van der Waals surface area contributed by atoms with Gasteiger partial charge >= 0.3 is 0 Å². The lowest BCUT2D eigenvalue weighted by Gasteiger charge is -2.20. The van der Waals surface area contributed by atoms with Gasteiger partial charge < -0.3 is 4.90 Å². The number of hydrogen-bond donors (Lipinski definition) is 1. The van der Waals surface area contributed by atoms with Gasteiger partial charge in [-0.2, -0.15) is 5.10 Å². The Morgan fingerprint density at radius 2 is 1.60 bits per heavy atom. The molecule has 0 aliphatic carbocycles. The molecule has 0 saturated carbocycles. The summed E-state index contributed by atoms with van der Waals surface area (Å²) in [5.74, 6) is 0. The van der Waals surface area contributed by atoms with Crippen molar-refractivity contribution in [3.05, 3.63) is 94.0 Å². The zero-order valence-electron chi connectivity index (χ0n) is 19.9. The fraction of sp³-hybridized carbons (Fsp3) is 0.185. The minimum Gasteiger partial charge on any atom is -0.372 e. The first kappa shape index (κ1) is 24.1. The standard InChI is InChI=1S/C27H27N5O2S/c1-4-31(5-2)23-14-8-20(9-15-23)18-28-30-27-29-25(21-10-6-19(3)7-11-21)26(35-27)22-12-16-24(17-13-22)32(33)34/h6-18H,4-5H2,1-3H3,(H,29,30)/b28-18-. The summed E-state index contributed by atoms with van der Waals surface area (Å²) in [4.78, 5) is 18.7. The van der Waals surface area contributed by atoms with E-state index < -0.39 is 4.92 Å². The quantitative estimate of drug-likeness (QED) is 0.157. The number of aryl methyl sites for hydroxylation is 1. The molecule has 0 atom stereocenters. The summed E-state index contributed by atoms with van der Waals surface area (Å²) in [6.07, 6.45) is 1.77. The Balaban J connectivity index is 1.59. The molecule has 0 radical (unpaired) electrons. The normalized spacial score (nSPS) is 11.1. The van der Waals surface area contributed by atoms with Crippen molar-refractivity contribution in [1.82, 2.24) is 4.98 Å². The lowest BCUT2D eigenvalue weighted by atomic mass is 10.1. The van der Waals surface area contributed by atoms with Gasteiger partial charge in [0, 0.05) is 36.5 Å². The Morgan fingerprint density at radius 1 is 0.971 bits per heavy atom. The highest BCUT2D eigenvalue weighted by molar-refractivity contribution is 7.19. The van der Waals surface area contributed by atoms with E-state index in [-0.39, 0.29) is 5.69 Å². The number of anilines is 2. The number of benzene rings is 3. The van der Waals surface area contributed by atoms with E-state index >= 15 is 0 Å². The van der Waals surface area contributed by atoms with Crippen LogP contribution >= 0.6 is 11.3 Å². The molecule has 0 amide bonds. The largest absolute Gasteiger partial charge is 0.372 e. The summed E-state index contributed by atoms with van der Waals surface area (Å²) in [6.45, 7) is 8.27. The predicted molar refractivity (Wildman–Crippen MR) is 146 cm³/mol. The van der Waals surface area contributed by atoms with E-state index in [1.54, 1.807) is 18.3 Å². The second-order valence-corrected chi connectivity index (χ2v) is 9.00. The summed E-state index contributed by atoms with van der Waals surface area (Å²) in [5.41, 5.74) is 9.11. The van der Waals surface area contributed by atoms with Crippen LogP contribution in [0.3, 0.4) is 0 Å². The Labute approximate surface area is 208 Å². The van der Waals surface area contributed by atoms with Crippen LogP contribution in [0.1, 0.15) is 25.0 Å². The van der Waals surface area contributed by atoms with Gasteiger partial charge in [0.05, 0.1) is 21.7 Å². The average molecular weight is 486 g/mol. The van der Waals surface area contributed by atoms with E-state index in [2.05, 4.69) is 41.4 Å². The number of rotatable bonds is 9. The summed E-state index contributed by atoms with van der Waals surface area (Å²) in [6, 6.07) is 23.0. The maximum Gasteiger partial charge on any atom is 0.269 e. The van der Waals surface area contributed by atoms with E-state index in [4.69, 9.17) is 4.98 Å². The summed E-state index contributed by atoms with van der Waals surface area (Å²) >= 11 is 1.46. The molecule has 178 valence electrons. The first-order valence-corrected chi connectivity index (χ1v) is 12.3. The first-order chi connectivity index (χ1) is 17.0. The molecule has 8 heteroatoms. The Morgan fingerprint density at radius 3 is 2.20 bits per heavy atom. The number of non-ortho nitro benzene ring substituents is 1. The van der Waals surface area contributed by atoms with Crippen molar-refractivity contribution in [3.63, 3.8) is 0 Å². The van der Waals surface area contributed by atoms with Gasteiger partial charge in [-0.3, -0.25) is 15.5 Å². The topological polar surface area (TPSA) is 83.7 Å². The van der Waals surface area contributed by atoms with Gasteiger partial charge in [-0.25, -0.2) is 4.98 Å². The highest BCUT2D eigenvalue weighted by atomic mass is 32.1. The highest BCUT2D eigenvalue weighted by Crippen LogP contribution is 2.39. The Kier molecular flexibility index (Phi) is 7.52. The van der Waals surface area contributed by atoms with Gasteiger partial charge in [0.15, 0.2) is 0 Å². The van der Waals surface area contributed by atoms with Crippen molar-refractivity contribution in [2.75, 3.05) is 23.4 Å². The van der Waals surface area contributed by atoms with Crippen LogP contribution in [0.15, 0.2) is 77.9 Å². The molecule has 1 heterocycles. The third kappa shape index (κ3) is 5.73. The third-order valence-electron chi connectivity index (χ3n) is 5.69. The van der Waals surface area contributed by atoms with Gasteiger partial charge in [0.2, 0.25) is 5.13 Å². The maximum absolute atomic E-state index is 11.1. The Bertz CT molecular complexity index is 1310. The molecule has 1 N–H and O–H groups in total. The number of aromatic nitrogens is 1. The SMILES string of the molecule is CCN(CC)c1ccc(/C=N\Nc2nc(-c3ccc(C)cc3)c(-c3ccc([N+](=O)[O-])cc3)s2)cc1. The molecule has 3 aromatic carbocycles. The smallest absolute Gasteiger partial charge is 0.269 e. The van der Waals surface area contributed by atoms with Crippen molar-refractivity contribution in [2.24, 2.45) is 5.10 Å². The second-order valence-electron chi connectivity index (χ2n) is 8.00. The van der Waals surface area contributed by atoms with Gasteiger partial charge in [0.1, 0.15) is 0 Å². The molecule has 4 rings (SSSR count). The minimum absolute atomic E-state index is 0.0603. The van der Waals surface area contributed by atoms with Crippen LogP contribution < -0.4 is 10.3 Å². The van der Waals surface area contributed by atoms with Crippen molar-refractivity contribution in [1.29, 1.82) is 0 Å². The molecule has 0 aliphatic heterocycles. The molecule has 0 unspecified atom stereocenters. The van der Waals surface area contributed by atoms with Crippen LogP contribution in [-0.4, -0.2) is 29.2 Å². The fourth-order valence-electron chi connectivity index (χ4n) is 3.73. The van der Waals surface area contributed by atoms with Crippen LogP contribution in [0.5, 0.6) is 0 Å². The van der Waals surface area contributed by atoms with Crippen LogP contribution in [0.2, 0.25) is 0 Å². The number of hydrogen-bond acceptors (Lipinski definition) is 7. The number of nitro groups is 1. The molecule has 4 aromatic rings.